The van der Waals surface area contributed by atoms with Gasteiger partial charge in [0.05, 0.1) is 5.60 Å². The van der Waals surface area contributed by atoms with Crippen molar-refractivity contribution in [2.24, 2.45) is 0 Å². The highest BCUT2D eigenvalue weighted by molar-refractivity contribution is 7.99. The summed E-state index contributed by atoms with van der Waals surface area (Å²) in [4.78, 5) is 17.3. The van der Waals surface area contributed by atoms with E-state index in [1.54, 1.807) is 13.8 Å². The molecule has 0 aliphatic heterocycles. The van der Waals surface area contributed by atoms with Crippen LogP contribution in [0.1, 0.15) is 13.8 Å². The first-order valence-corrected chi connectivity index (χ1v) is 4.86. The van der Waals surface area contributed by atoms with Crippen LogP contribution in [-0.4, -0.2) is 26.4 Å². The average Bonchev–Trinajstić information content (AvgIpc) is 2.00. The van der Waals surface area contributed by atoms with Gasteiger partial charge in [-0.05, 0) is 13.8 Å². The quantitative estimate of drug-likeness (QED) is 0.555. The maximum absolute atomic E-state index is 10.8. The van der Waals surface area contributed by atoms with Crippen molar-refractivity contribution in [3.8, 4) is 0 Å². The number of hydrogen-bond donors (Lipinski definition) is 2. The molecule has 0 unspecified atom stereocenters. The Morgan fingerprint density at radius 1 is 1.69 bits per heavy atom. The fourth-order valence-corrected chi connectivity index (χ4v) is 1.47. The van der Waals surface area contributed by atoms with E-state index < -0.39 is 5.60 Å². The van der Waals surface area contributed by atoms with Crippen LogP contribution in [0, 0.1) is 0 Å². The van der Waals surface area contributed by atoms with Gasteiger partial charge < -0.3 is 10.1 Å². The summed E-state index contributed by atoms with van der Waals surface area (Å²) in [6.45, 7) is 3.42. The molecule has 0 aliphatic rings. The first-order valence-electron chi connectivity index (χ1n) is 3.88. The summed E-state index contributed by atoms with van der Waals surface area (Å²) < 4.78 is 0. The third-order valence-corrected chi connectivity index (χ3v) is 2.54. The van der Waals surface area contributed by atoms with Crippen LogP contribution in [0.25, 0.3) is 0 Å². The number of aromatic amines is 1. The van der Waals surface area contributed by atoms with Gasteiger partial charge in [0.15, 0.2) is 5.16 Å². The molecule has 4 nitrogen and oxygen atoms in total. The fraction of sp³-hybridized carbons (Fsp3) is 0.500. The lowest BCUT2D eigenvalue weighted by Gasteiger charge is -2.15. The van der Waals surface area contributed by atoms with Gasteiger partial charge in [-0.25, -0.2) is 4.98 Å². The average molecular weight is 200 g/mol. The highest BCUT2D eigenvalue weighted by Crippen LogP contribution is 2.16. The first-order chi connectivity index (χ1) is 5.97. The Morgan fingerprint density at radius 3 is 2.92 bits per heavy atom. The van der Waals surface area contributed by atoms with Crippen molar-refractivity contribution in [3.05, 3.63) is 22.6 Å². The molecular weight excluding hydrogens is 188 g/mol. The number of nitrogens with one attached hydrogen (secondary N) is 1. The van der Waals surface area contributed by atoms with Crippen LogP contribution in [0.2, 0.25) is 0 Å². The summed E-state index contributed by atoms with van der Waals surface area (Å²) in [5, 5.41) is 9.94. The normalized spacial score (nSPS) is 11.6. The van der Waals surface area contributed by atoms with E-state index in [0.717, 1.165) is 0 Å². The van der Waals surface area contributed by atoms with Gasteiger partial charge in [-0.3, -0.25) is 4.79 Å². The summed E-state index contributed by atoms with van der Waals surface area (Å²) in [6, 6.07) is 1.36. The van der Waals surface area contributed by atoms with E-state index in [1.165, 1.54) is 24.0 Å². The molecule has 0 aromatic carbocycles. The number of rotatable bonds is 3. The van der Waals surface area contributed by atoms with Gasteiger partial charge >= 0.3 is 0 Å². The van der Waals surface area contributed by atoms with Crippen molar-refractivity contribution >= 4 is 11.8 Å². The maximum Gasteiger partial charge on any atom is 0.251 e. The molecule has 1 heterocycles. The predicted molar refractivity (Wildman–Crippen MR) is 51.9 cm³/mol. The van der Waals surface area contributed by atoms with Crippen molar-refractivity contribution in [2.75, 3.05) is 5.75 Å². The minimum absolute atomic E-state index is 0.173. The Bertz CT molecular complexity index is 329. The Hall–Kier alpha value is -0.810. The molecular formula is C8H12N2O2S. The van der Waals surface area contributed by atoms with E-state index in [4.69, 9.17) is 0 Å². The molecule has 0 spiro atoms. The molecule has 0 saturated carbocycles. The van der Waals surface area contributed by atoms with Crippen LogP contribution < -0.4 is 5.56 Å². The van der Waals surface area contributed by atoms with Gasteiger partial charge in [0, 0.05) is 18.0 Å². The molecule has 5 heteroatoms. The third-order valence-electron chi connectivity index (χ3n) is 1.21. The zero-order valence-corrected chi connectivity index (χ0v) is 8.39. The molecule has 0 atom stereocenters. The summed E-state index contributed by atoms with van der Waals surface area (Å²) in [6.07, 6.45) is 1.45. The lowest BCUT2D eigenvalue weighted by molar-refractivity contribution is 0.107. The molecule has 0 aliphatic carbocycles. The highest BCUT2D eigenvalue weighted by atomic mass is 32.2. The van der Waals surface area contributed by atoms with Crippen LogP contribution in [-0.2, 0) is 0 Å². The Balaban J connectivity index is 2.60. The molecule has 1 aromatic heterocycles. The number of H-pyrrole nitrogens is 1. The van der Waals surface area contributed by atoms with Gasteiger partial charge in [-0.1, -0.05) is 11.8 Å². The number of aliphatic hydroxyl groups is 1. The molecule has 0 bridgehead atoms. The van der Waals surface area contributed by atoms with Crippen molar-refractivity contribution in [1.82, 2.24) is 9.97 Å². The smallest absolute Gasteiger partial charge is 0.251 e. The first kappa shape index (κ1) is 10.3. The van der Waals surface area contributed by atoms with Gasteiger partial charge in [0.25, 0.3) is 5.56 Å². The predicted octanol–water partition coefficient (Wildman–Crippen LogP) is 0.633. The number of hydrogen-bond acceptors (Lipinski definition) is 4. The van der Waals surface area contributed by atoms with Crippen LogP contribution in [0.4, 0.5) is 0 Å². The van der Waals surface area contributed by atoms with Gasteiger partial charge in [-0.15, -0.1) is 0 Å². The largest absolute Gasteiger partial charge is 0.390 e. The molecule has 1 aromatic rings. The fourth-order valence-electron chi connectivity index (χ4n) is 0.670. The van der Waals surface area contributed by atoms with E-state index in [0.29, 0.717) is 10.9 Å². The molecule has 1 rings (SSSR count). The van der Waals surface area contributed by atoms with Crippen molar-refractivity contribution in [3.63, 3.8) is 0 Å². The molecule has 0 amide bonds. The van der Waals surface area contributed by atoms with E-state index in [9.17, 15) is 9.90 Å². The van der Waals surface area contributed by atoms with Gasteiger partial charge in [0.1, 0.15) is 0 Å². The summed E-state index contributed by atoms with van der Waals surface area (Å²) in [7, 11) is 0. The van der Waals surface area contributed by atoms with Crippen LogP contribution >= 0.6 is 11.8 Å². The molecule has 0 fully saturated rings. The van der Waals surface area contributed by atoms with E-state index in [-0.39, 0.29) is 5.56 Å². The Labute approximate surface area is 80.4 Å². The zero-order chi connectivity index (χ0) is 9.90. The highest BCUT2D eigenvalue weighted by Gasteiger charge is 2.13. The van der Waals surface area contributed by atoms with Gasteiger partial charge in [0.2, 0.25) is 0 Å². The number of thioether (sulfide) groups is 1. The molecule has 2 N–H and O–H groups in total. The number of nitrogens with zero attached hydrogens (tertiary/aromatic N) is 1. The molecule has 72 valence electrons. The van der Waals surface area contributed by atoms with Crippen molar-refractivity contribution < 1.29 is 5.11 Å². The zero-order valence-electron chi connectivity index (χ0n) is 7.57. The SMILES string of the molecule is CC(C)(O)CSc1nccc(=O)[nH]1. The molecule has 0 radical (unpaired) electrons. The minimum Gasteiger partial charge on any atom is -0.390 e. The van der Waals surface area contributed by atoms with Crippen LogP contribution in [0.5, 0.6) is 0 Å². The minimum atomic E-state index is -0.751. The van der Waals surface area contributed by atoms with Crippen molar-refractivity contribution in [1.29, 1.82) is 0 Å². The lowest BCUT2D eigenvalue weighted by atomic mass is 10.2. The van der Waals surface area contributed by atoms with E-state index >= 15 is 0 Å². The van der Waals surface area contributed by atoms with Crippen molar-refractivity contribution in [2.45, 2.75) is 24.6 Å². The standard InChI is InChI=1S/C8H12N2O2S/c1-8(2,12)5-13-7-9-4-3-6(11)10-7/h3-4,12H,5H2,1-2H3,(H,9,10,11). The summed E-state index contributed by atoms with van der Waals surface area (Å²) in [5.41, 5.74) is -0.924. The topological polar surface area (TPSA) is 66.0 Å². The maximum atomic E-state index is 10.8. The van der Waals surface area contributed by atoms with Crippen LogP contribution in [0.3, 0.4) is 0 Å². The lowest BCUT2D eigenvalue weighted by Crippen LogP contribution is -2.22. The summed E-state index contributed by atoms with van der Waals surface area (Å²) >= 11 is 1.32. The third kappa shape index (κ3) is 4.10. The molecule has 0 saturated heterocycles. The van der Waals surface area contributed by atoms with Crippen LogP contribution in [0.15, 0.2) is 22.2 Å². The summed E-state index contributed by atoms with van der Waals surface area (Å²) in [5.74, 6) is 0.500. The second-order valence-corrected chi connectivity index (χ2v) is 4.30. The van der Waals surface area contributed by atoms with Gasteiger partial charge in [-0.2, -0.15) is 0 Å². The second-order valence-electron chi connectivity index (χ2n) is 3.34. The Morgan fingerprint density at radius 2 is 2.38 bits per heavy atom. The Kier molecular flexibility index (Phi) is 3.11. The molecule has 13 heavy (non-hydrogen) atoms. The van der Waals surface area contributed by atoms with E-state index in [2.05, 4.69) is 9.97 Å². The number of aromatic nitrogens is 2. The van der Waals surface area contributed by atoms with E-state index in [1.807, 2.05) is 0 Å². The second kappa shape index (κ2) is 3.93. The monoisotopic (exact) mass is 200 g/mol.